The molecule has 0 aromatic heterocycles. The third-order valence-electron chi connectivity index (χ3n) is 1.84. The van der Waals surface area contributed by atoms with Crippen LogP contribution in [0.2, 0.25) is 0 Å². The molecule has 0 amide bonds. The lowest BCUT2D eigenvalue weighted by molar-refractivity contribution is -0.440. The minimum atomic E-state index is -1.95. The van der Waals surface area contributed by atoms with Crippen LogP contribution in [0.25, 0.3) is 5.70 Å². The summed E-state index contributed by atoms with van der Waals surface area (Å²) in [5.74, 6) is -1.95. The van der Waals surface area contributed by atoms with Crippen molar-refractivity contribution in [2.24, 2.45) is 0 Å². The smallest absolute Gasteiger partial charge is 0.430 e. The van der Waals surface area contributed by atoms with Crippen LogP contribution in [0, 0.1) is 20.2 Å². The quantitative estimate of drug-likeness (QED) is 0.473. The predicted molar refractivity (Wildman–Crippen MR) is 55.0 cm³/mol. The summed E-state index contributed by atoms with van der Waals surface area (Å²) < 4.78 is 0. The monoisotopic (exact) mass is 238 g/mol. The fourth-order valence-electron chi connectivity index (χ4n) is 1.19. The van der Waals surface area contributed by atoms with E-state index in [0.717, 1.165) is 0 Å². The molecule has 1 aromatic carbocycles. The lowest BCUT2D eigenvalue weighted by Gasteiger charge is -1.98. The molecule has 0 spiro atoms. The molecule has 0 aliphatic heterocycles. The third-order valence-corrected chi connectivity index (χ3v) is 1.84. The van der Waals surface area contributed by atoms with Gasteiger partial charge in [-0.2, -0.15) is 0 Å². The van der Waals surface area contributed by atoms with E-state index in [1.807, 2.05) is 0 Å². The number of nitrogens with zero attached hydrogens (tertiary/aromatic N) is 2. The molecule has 0 aliphatic carbocycles. The third kappa shape index (κ3) is 2.62. The van der Waals surface area contributed by atoms with Gasteiger partial charge in [0.15, 0.2) is 0 Å². The maximum Gasteiger partial charge on any atom is 0.430 e. The van der Waals surface area contributed by atoms with Crippen molar-refractivity contribution in [3.63, 3.8) is 0 Å². The second-order valence-electron chi connectivity index (χ2n) is 2.88. The highest BCUT2D eigenvalue weighted by Gasteiger charge is 2.36. The van der Waals surface area contributed by atoms with Gasteiger partial charge in [-0.15, -0.1) is 0 Å². The van der Waals surface area contributed by atoms with Gasteiger partial charge in [-0.05, 0) is 12.1 Å². The number of benzene rings is 1. The molecule has 0 aliphatic rings. The summed E-state index contributed by atoms with van der Waals surface area (Å²) in [5.41, 5.74) is -2.63. The van der Waals surface area contributed by atoms with Gasteiger partial charge in [0.1, 0.15) is 0 Å². The van der Waals surface area contributed by atoms with Crippen LogP contribution < -0.4 is 0 Å². The van der Waals surface area contributed by atoms with Crippen molar-refractivity contribution < 1.29 is 19.7 Å². The molecule has 0 saturated heterocycles. The summed E-state index contributed by atoms with van der Waals surface area (Å²) in [6.07, 6.45) is 0. The van der Waals surface area contributed by atoms with Crippen LogP contribution in [0.3, 0.4) is 0 Å². The molecular weight excluding hydrogens is 232 g/mol. The number of carboxylic acid groups (broad SMARTS) is 1. The molecule has 8 nitrogen and oxygen atoms in total. The van der Waals surface area contributed by atoms with Crippen molar-refractivity contribution in [3.8, 4) is 0 Å². The van der Waals surface area contributed by atoms with E-state index < -0.39 is 27.2 Å². The van der Waals surface area contributed by atoms with Gasteiger partial charge in [-0.3, -0.25) is 20.2 Å². The Morgan fingerprint density at radius 1 is 1.06 bits per heavy atom. The van der Waals surface area contributed by atoms with Gasteiger partial charge in [-0.1, -0.05) is 18.2 Å². The minimum absolute atomic E-state index is 0.133. The van der Waals surface area contributed by atoms with Crippen LogP contribution in [-0.4, -0.2) is 20.9 Å². The Kier molecular flexibility index (Phi) is 3.50. The van der Waals surface area contributed by atoms with E-state index in [2.05, 4.69) is 0 Å². The van der Waals surface area contributed by atoms with Crippen LogP contribution in [0.5, 0.6) is 0 Å². The Hall–Kier alpha value is -2.77. The van der Waals surface area contributed by atoms with Gasteiger partial charge in [-0.25, -0.2) is 4.79 Å². The summed E-state index contributed by atoms with van der Waals surface area (Å²) in [4.78, 5) is 29.5. The van der Waals surface area contributed by atoms with E-state index in [9.17, 15) is 25.0 Å². The maximum absolute atomic E-state index is 10.7. The Morgan fingerprint density at radius 3 is 1.94 bits per heavy atom. The molecule has 8 heteroatoms. The van der Waals surface area contributed by atoms with Crippen LogP contribution in [0.4, 0.5) is 0 Å². The molecule has 1 rings (SSSR count). The first-order valence-electron chi connectivity index (χ1n) is 4.27. The molecule has 0 radical (unpaired) electrons. The first kappa shape index (κ1) is 12.3. The normalized spacial score (nSPS) is 11.5. The van der Waals surface area contributed by atoms with Crippen molar-refractivity contribution in [3.05, 3.63) is 61.8 Å². The second kappa shape index (κ2) is 4.84. The SMILES string of the molecule is O=C(O)C(=C(c1ccccc1)[N+](=O)[O-])[N+](=O)[O-]. The van der Waals surface area contributed by atoms with Gasteiger partial charge >= 0.3 is 17.4 Å². The molecule has 1 aromatic rings. The van der Waals surface area contributed by atoms with Crippen molar-refractivity contribution >= 4 is 11.7 Å². The van der Waals surface area contributed by atoms with E-state index >= 15 is 0 Å². The first-order chi connectivity index (χ1) is 7.95. The zero-order chi connectivity index (χ0) is 13.0. The molecule has 0 fully saturated rings. The first-order valence-corrected chi connectivity index (χ1v) is 4.27. The number of rotatable bonds is 4. The fraction of sp³-hybridized carbons (Fsp3) is 0. The predicted octanol–water partition coefficient (Wildman–Crippen LogP) is 0.993. The Morgan fingerprint density at radius 2 is 1.59 bits per heavy atom. The van der Waals surface area contributed by atoms with Crippen LogP contribution >= 0.6 is 0 Å². The molecule has 1 N–H and O–H groups in total. The van der Waals surface area contributed by atoms with E-state index in [1.165, 1.54) is 24.3 Å². The van der Waals surface area contributed by atoms with Gasteiger partial charge in [0.2, 0.25) is 0 Å². The Balaban J connectivity index is 3.55. The lowest BCUT2D eigenvalue weighted by Crippen LogP contribution is -2.16. The number of aliphatic carboxylic acids is 1. The second-order valence-corrected chi connectivity index (χ2v) is 2.88. The van der Waals surface area contributed by atoms with Crippen molar-refractivity contribution in [1.29, 1.82) is 0 Å². The highest BCUT2D eigenvalue weighted by atomic mass is 16.6. The molecule has 0 saturated carbocycles. The van der Waals surface area contributed by atoms with Gasteiger partial charge < -0.3 is 5.11 Å². The van der Waals surface area contributed by atoms with Gasteiger partial charge in [0, 0.05) is 0 Å². The average Bonchev–Trinajstić information content (AvgIpc) is 2.25. The largest absolute Gasteiger partial charge is 0.473 e. The summed E-state index contributed by atoms with van der Waals surface area (Å²) in [6.45, 7) is 0. The summed E-state index contributed by atoms with van der Waals surface area (Å²) in [5, 5.41) is 29.9. The van der Waals surface area contributed by atoms with Gasteiger partial charge in [0.05, 0.1) is 15.4 Å². The topological polar surface area (TPSA) is 124 Å². The van der Waals surface area contributed by atoms with Crippen molar-refractivity contribution in [1.82, 2.24) is 0 Å². The van der Waals surface area contributed by atoms with E-state index in [1.54, 1.807) is 6.07 Å². The van der Waals surface area contributed by atoms with Gasteiger partial charge in [0.25, 0.3) is 0 Å². The molecule has 88 valence electrons. The highest BCUT2D eigenvalue weighted by Crippen LogP contribution is 2.19. The zero-order valence-corrected chi connectivity index (χ0v) is 8.27. The molecule has 0 bridgehead atoms. The molecule has 0 heterocycles. The van der Waals surface area contributed by atoms with E-state index in [0.29, 0.717) is 0 Å². The number of carboxylic acids is 1. The van der Waals surface area contributed by atoms with E-state index in [4.69, 9.17) is 5.11 Å². The van der Waals surface area contributed by atoms with Crippen molar-refractivity contribution in [2.75, 3.05) is 0 Å². The Bertz CT molecular complexity index is 491. The standard InChI is InChI=1S/C9H6N2O6/c12-9(13)8(11(16)17)7(10(14)15)6-4-2-1-3-5-6/h1-5H,(H,12,13). The van der Waals surface area contributed by atoms with Crippen LogP contribution in [0.15, 0.2) is 36.0 Å². The van der Waals surface area contributed by atoms with Crippen molar-refractivity contribution in [2.45, 2.75) is 0 Å². The number of hydrogen-bond acceptors (Lipinski definition) is 5. The fourth-order valence-corrected chi connectivity index (χ4v) is 1.19. The highest BCUT2D eigenvalue weighted by molar-refractivity contribution is 5.91. The summed E-state index contributed by atoms with van der Waals surface area (Å²) in [6, 6.07) is 6.83. The maximum atomic E-state index is 10.7. The van der Waals surface area contributed by atoms with E-state index in [-0.39, 0.29) is 5.56 Å². The number of nitro groups is 2. The summed E-state index contributed by atoms with van der Waals surface area (Å²) in [7, 11) is 0. The average molecular weight is 238 g/mol. The molecule has 0 atom stereocenters. The van der Waals surface area contributed by atoms with Crippen LogP contribution in [-0.2, 0) is 4.79 Å². The zero-order valence-electron chi connectivity index (χ0n) is 8.27. The number of carbonyl (C=O) groups is 1. The lowest BCUT2D eigenvalue weighted by atomic mass is 10.1. The Labute approximate surface area is 94.1 Å². The summed E-state index contributed by atoms with van der Waals surface area (Å²) >= 11 is 0. The minimum Gasteiger partial charge on any atom is -0.473 e. The molecular formula is C9H6N2O6. The van der Waals surface area contributed by atoms with Crippen LogP contribution in [0.1, 0.15) is 5.56 Å². The molecule has 0 unspecified atom stereocenters. The molecule has 17 heavy (non-hydrogen) atoms. The number of hydrogen-bond donors (Lipinski definition) is 1.